The molecule has 5 heteroatoms. The number of aromatic nitrogens is 3. The van der Waals surface area contributed by atoms with Crippen molar-refractivity contribution < 1.29 is 0 Å². The Labute approximate surface area is 96.2 Å². The summed E-state index contributed by atoms with van der Waals surface area (Å²) < 4.78 is 1.51. The molecule has 0 fully saturated rings. The number of nitrogens with one attached hydrogen (secondary N) is 1. The predicted octanol–water partition coefficient (Wildman–Crippen LogP) is 1.76. The van der Waals surface area contributed by atoms with Gasteiger partial charge in [0, 0.05) is 17.6 Å². The molecule has 0 radical (unpaired) electrons. The van der Waals surface area contributed by atoms with Crippen molar-refractivity contribution in [3.8, 4) is 0 Å². The Bertz CT molecular complexity index is 639. The molecule has 0 spiro atoms. The first-order valence-corrected chi connectivity index (χ1v) is 5.24. The molecule has 2 aromatic rings. The van der Waals surface area contributed by atoms with E-state index < -0.39 is 0 Å². The molecule has 0 saturated carbocycles. The van der Waals surface area contributed by atoms with E-state index in [1.165, 1.54) is 4.57 Å². The second kappa shape index (κ2) is 3.35. The second-order valence-corrected chi connectivity index (χ2v) is 4.09. The lowest BCUT2D eigenvalue weighted by Gasteiger charge is -2.02. The minimum atomic E-state index is -0.217. The van der Waals surface area contributed by atoms with Crippen LogP contribution in [-0.4, -0.2) is 14.8 Å². The number of aromatic amines is 1. The maximum Gasteiger partial charge on any atom is 0.347 e. The van der Waals surface area contributed by atoms with E-state index in [1.807, 2.05) is 24.3 Å². The van der Waals surface area contributed by atoms with Crippen LogP contribution in [0.25, 0.3) is 12.3 Å². The molecule has 0 atom stereocenters. The Balaban J connectivity index is 2.21. The van der Waals surface area contributed by atoms with E-state index in [0.29, 0.717) is 17.3 Å². The number of benzene rings is 1. The van der Waals surface area contributed by atoms with Crippen LogP contribution in [0.4, 0.5) is 0 Å². The van der Waals surface area contributed by atoms with Crippen molar-refractivity contribution >= 4 is 23.9 Å². The third-order valence-electron chi connectivity index (χ3n) is 2.64. The zero-order valence-electron chi connectivity index (χ0n) is 8.27. The summed E-state index contributed by atoms with van der Waals surface area (Å²) in [5.41, 5.74) is 1.92. The van der Waals surface area contributed by atoms with Crippen LogP contribution in [0.15, 0.2) is 23.0 Å². The van der Waals surface area contributed by atoms with Crippen LogP contribution in [0.1, 0.15) is 17.0 Å². The SMILES string of the molecule is O=c1[nH]nc2n1C=Cc1cc(Cl)ccc1C2. The summed E-state index contributed by atoms with van der Waals surface area (Å²) in [7, 11) is 0. The zero-order valence-corrected chi connectivity index (χ0v) is 9.03. The molecule has 1 aliphatic heterocycles. The molecular formula is C11H8ClN3O. The van der Waals surface area contributed by atoms with Crippen LogP contribution in [0, 0.1) is 0 Å². The second-order valence-electron chi connectivity index (χ2n) is 3.65. The summed E-state index contributed by atoms with van der Waals surface area (Å²) in [6.07, 6.45) is 4.20. The van der Waals surface area contributed by atoms with E-state index in [-0.39, 0.29) is 5.69 Å². The van der Waals surface area contributed by atoms with E-state index in [2.05, 4.69) is 10.2 Å². The fraction of sp³-hybridized carbons (Fsp3) is 0.0909. The molecule has 2 heterocycles. The number of fused-ring (bicyclic) bond motifs is 2. The van der Waals surface area contributed by atoms with Gasteiger partial charge in [0.25, 0.3) is 0 Å². The van der Waals surface area contributed by atoms with Gasteiger partial charge in [0.15, 0.2) is 0 Å². The molecule has 1 aliphatic rings. The number of halogens is 1. The molecule has 1 aromatic carbocycles. The minimum Gasteiger partial charge on any atom is -0.254 e. The summed E-state index contributed by atoms with van der Waals surface area (Å²) in [5, 5.41) is 7.10. The lowest BCUT2D eigenvalue weighted by molar-refractivity contribution is 0.935. The number of rotatable bonds is 0. The number of H-pyrrole nitrogens is 1. The molecule has 0 bridgehead atoms. The van der Waals surface area contributed by atoms with Gasteiger partial charge in [0.05, 0.1) is 0 Å². The highest BCUT2D eigenvalue weighted by Gasteiger charge is 2.12. The van der Waals surface area contributed by atoms with E-state index in [1.54, 1.807) is 6.20 Å². The van der Waals surface area contributed by atoms with Crippen LogP contribution in [0.3, 0.4) is 0 Å². The smallest absolute Gasteiger partial charge is 0.254 e. The van der Waals surface area contributed by atoms with Crippen LogP contribution < -0.4 is 5.69 Å². The summed E-state index contributed by atoms with van der Waals surface area (Å²) in [6, 6.07) is 5.68. The highest BCUT2D eigenvalue weighted by molar-refractivity contribution is 6.30. The first kappa shape index (κ1) is 9.42. The molecule has 1 aromatic heterocycles. The standard InChI is InChI=1S/C11H8ClN3O/c12-9-2-1-7-6-10-13-14-11(16)15(10)4-3-8(7)5-9/h1-5H,6H2,(H,14,16). The molecule has 4 nitrogen and oxygen atoms in total. The Morgan fingerprint density at radius 1 is 1.44 bits per heavy atom. The molecule has 1 N–H and O–H groups in total. The summed E-state index contributed by atoms with van der Waals surface area (Å²) >= 11 is 5.92. The molecular weight excluding hydrogens is 226 g/mol. The third-order valence-corrected chi connectivity index (χ3v) is 2.87. The minimum absolute atomic E-state index is 0.217. The van der Waals surface area contributed by atoms with Crippen molar-refractivity contribution in [2.75, 3.05) is 0 Å². The normalized spacial score (nSPS) is 13.1. The van der Waals surface area contributed by atoms with Crippen molar-refractivity contribution in [1.82, 2.24) is 14.8 Å². The number of hydrogen-bond donors (Lipinski definition) is 1. The highest BCUT2D eigenvalue weighted by atomic mass is 35.5. The third kappa shape index (κ3) is 1.39. The average molecular weight is 234 g/mol. The van der Waals surface area contributed by atoms with Gasteiger partial charge < -0.3 is 0 Å². The fourth-order valence-corrected chi connectivity index (χ4v) is 2.00. The fourth-order valence-electron chi connectivity index (χ4n) is 1.82. The first-order valence-electron chi connectivity index (χ1n) is 4.86. The van der Waals surface area contributed by atoms with Crippen LogP contribution in [0.2, 0.25) is 5.02 Å². The number of nitrogens with zero attached hydrogens (tertiary/aromatic N) is 2. The lowest BCUT2D eigenvalue weighted by Crippen LogP contribution is -2.12. The molecule has 0 unspecified atom stereocenters. The van der Waals surface area contributed by atoms with Crippen molar-refractivity contribution in [3.05, 3.63) is 50.7 Å². The predicted molar refractivity (Wildman–Crippen MR) is 62.3 cm³/mol. The lowest BCUT2D eigenvalue weighted by atomic mass is 10.1. The van der Waals surface area contributed by atoms with Gasteiger partial charge in [0.1, 0.15) is 5.82 Å². The van der Waals surface area contributed by atoms with Gasteiger partial charge in [-0.2, -0.15) is 5.10 Å². The molecule has 16 heavy (non-hydrogen) atoms. The van der Waals surface area contributed by atoms with E-state index in [0.717, 1.165) is 11.1 Å². The van der Waals surface area contributed by atoms with E-state index >= 15 is 0 Å². The maximum absolute atomic E-state index is 11.4. The topological polar surface area (TPSA) is 50.7 Å². The Morgan fingerprint density at radius 2 is 2.31 bits per heavy atom. The van der Waals surface area contributed by atoms with Gasteiger partial charge in [-0.3, -0.25) is 4.57 Å². The maximum atomic E-state index is 11.4. The van der Waals surface area contributed by atoms with Crippen molar-refractivity contribution in [1.29, 1.82) is 0 Å². The molecule has 0 saturated heterocycles. The first-order chi connectivity index (χ1) is 7.74. The van der Waals surface area contributed by atoms with Crippen molar-refractivity contribution in [3.63, 3.8) is 0 Å². The van der Waals surface area contributed by atoms with Gasteiger partial charge in [-0.15, -0.1) is 0 Å². The van der Waals surface area contributed by atoms with Crippen molar-refractivity contribution in [2.45, 2.75) is 6.42 Å². The molecule has 80 valence electrons. The van der Waals surface area contributed by atoms with Crippen molar-refractivity contribution in [2.24, 2.45) is 0 Å². The quantitative estimate of drug-likeness (QED) is 0.643. The molecule has 0 amide bonds. The summed E-state index contributed by atoms with van der Waals surface area (Å²) in [6.45, 7) is 0. The number of hydrogen-bond acceptors (Lipinski definition) is 2. The van der Waals surface area contributed by atoms with E-state index in [4.69, 9.17) is 11.6 Å². The highest BCUT2D eigenvalue weighted by Crippen LogP contribution is 2.22. The Morgan fingerprint density at radius 3 is 3.19 bits per heavy atom. The van der Waals surface area contributed by atoms with Gasteiger partial charge in [-0.25, -0.2) is 9.89 Å². The summed E-state index contributed by atoms with van der Waals surface area (Å²) in [4.78, 5) is 11.4. The summed E-state index contributed by atoms with van der Waals surface area (Å²) in [5.74, 6) is 0.710. The molecule has 3 rings (SSSR count). The largest absolute Gasteiger partial charge is 0.347 e. The Kier molecular flexibility index (Phi) is 1.97. The van der Waals surface area contributed by atoms with Crippen LogP contribution in [0.5, 0.6) is 0 Å². The van der Waals surface area contributed by atoms with Gasteiger partial charge in [0.2, 0.25) is 0 Å². The monoisotopic (exact) mass is 233 g/mol. The molecule has 0 aliphatic carbocycles. The van der Waals surface area contributed by atoms with E-state index in [9.17, 15) is 4.79 Å². The van der Waals surface area contributed by atoms with Gasteiger partial charge in [-0.1, -0.05) is 17.7 Å². The van der Waals surface area contributed by atoms with Gasteiger partial charge in [-0.05, 0) is 29.3 Å². The average Bonchev–Trinajstić information content (AvgIpc) is 2.51. The Hall–Kier alpha value is -1.81. The van der Waals surface area contributed by atoms with Crippen LogP contribution in [-0.2, 0) is 6.42 Å². The van der Waals surface area contributed by atoms with Crippen LogP contribution >= 0.6 is 11.6 Å². The van der Waals surface area contributed by atoms with Gasteiger partial charge >= 0.3 is 5.69 Å². The zero-order chi connectivity index (χ0) is 11.1.